The van der Waals surface area contributed by atoms with Crippen LogP contribution in [0.15, 0.2) is 18.8 Å². The highest BCUT2D eigenvalue weighted by molar-refractivity contribution is 5.44. The first-order valence-corrected chi connectivity index (χ1v) is 2.74. The largest absolute Gasteiger partial charge is 0.158 e. The summed E-state index contributed by atoms with van der Waals surface area (Å²) in [6.45, 7) is 5.51. The first-order valence-electron chi connectivity index (χ1n) is 2.74. The van der Waals surface area contributed by atoms with E-state index in [1.54, 1.807) is 12.3 Å². The van der Waals surface area contributed by atoms with Gasteiger partial charge in [-0.05, 0) is 18.6 Å². The van der Waals surface area contributed by atoms with Crippen LogP contribution in [0.5, 0.6) is 0 Å². The molecular formula is C7H8N2. The second kappa shape index (κ2) is 2.40. The summed E-state index contributed by atoms with van der Waals surface area (Å²) in [6.07, 6.45) is 3.43. The van der Waals surface area contributed by atoms with Gasteiger partial charge in [-0.3, -0.25) is 0 Å². The van der Waals surface area contributed by atoms with Gasteiger partial charge in [0.2, 0.25) is 0 Å². The van der Waals surface area contributed by atoms with Crippen molar-refractivity contribution < 1.29 is 0 Å². The van der Waals surface area contributed by atoms with Gasteiger partial charge in [-0.2, -0.15) is 10.2 Å². The average molecular weight is 120 g/mol. The maximum atomic E-state index is 3.79. The smallest absolute Gasteiger partial charge is 0.0606 e. The van der Waals surface area contributed by atoms with Crippen LogP contribution in [0.2, 0.25) is 0 Å². The Labute approximate surface area is 54.2 Å². The monoisotopic (exact) mass is 120 g/mol. The average Bonchev–Trinajstić information content (AvgIpc) is 1.88. The molecule has 46 valence electrons. The molecule has 0 fully saturated rings. The number of hydrogen-bond donors (Lipinski definition) is 0. The summed E-state index contributed by atoms with van der Waals surface area (Å²) in [7, 11) is 0. The zero-order chi connectivity index (χ0) is 6.69. The van der Waals surface area contributed by atoms with E-state index >= 15 is 0 Å². The summed E-state index contributed by atoms with van der Waals surface area (Å²) in [4.78, 5) is 0. The van der Waals surface area contributed by atoms with Crippen molar-refractivity contribution in [3.63, 3.8) is 0 Å². The fraction of sp³-hybridized carbons (Fsp3) is 0.143. The number of rotatable bonds is 1. The molecule has 0 N–H and O–H groups in total. The van der Waals surface area contributed by atoms with Gasteiger partial charge in [-0.1, -0.05) is 12.7 Å². The molecule has 1 aromatic rings. The summed E-state index contributed by atoms with van der Waals surface area (Å²) < 4.78 is 0. The Morgan fingerprint density at radius 3 is 2.89 bits per heavy atom. The van der Waals surface area contributed by atoms with E-state index in [1.165, 1.54) is 0 Å². The molecule has 0 aromatic carbocycles. The van der Waals surface area contributed by atoms with Gasteiger partial charge in [-0.25, -0.2) is 0 Å². The molecule has 1 aromatic heterocycles. The minimum absolute atomic E-state index is 0.924. The lowest BCUT2D eigenvalue weighted by Gasteiger charge is -1.90. The van der Waals surface area contributed by atoms with E-state index in [9.17, 15) is 0 Å². The van der Waals surface area contributed by atoms with Crippen molar-refractivity contribution >= 4 is 6.08 Å². The van der Waals surface area contributed by atoms with Crippen molar-refractivity contribution in [1.29, 1.82) is 0 Å². The molecule has 0 aliphatic rings. The van der Waals surface area contributed by atoms with E-state index in [2.05, 4.69) is 16.8 Å². The van der Waals surface area contributed by atoms with Crippen LogP contribution in [-0.2, 0) is 0 Å². The summed E-state index contributed by atoms with van der Waals surface area (Å²) in [5, 5.41) is 7.52. The number of hydrogen-bond acceptors (Lipinski definition) is 2. The molecule has 0 bridgehead atoms. The van der Waals surface area contributed by atoms with Crippen LogP contribution in [-0.4, -0.2) is 10.2 Å². The first kappa shape index (κ1) is 5.95. The maximum Gasteiger partial charge on any atom is 0.0606 e. The van der Waals surface area contributed by atoms with Gasteiger partial charge in [-0.15, -0.1) is 0 Å². The topological polar surface area (TPSA) is 25.8 Å². The maximum absolute atomic E-state index is 3.79. The second-order valence-corrected chi connectivity index (χ2v) is 1.83. The Balaban J connectivity index is 3.07. The Morgan fingerprint density at radius 1 is 1.67 bits per heavy atom. The van der Waals surface area contributed by atoms with Crippen LogP contribution in [0.3, 0.4) is 0 Å². The highest BCUT2D eigenvalue weighted by Crippen LogP contribution is 1.97. The van der Waals surface area contributed by atoms with Crippen LogP contribution >= 0.6 is 0 Å². The van der Waals surface area contributed by atoms with Crippen molar-refractivity contribution in [3.05, 3.63) is 30.1 Å². The summed E-state index contributed by atoms with van der Waals surface area (Å²) in [5.74, 6) is 0. The van der Waals surface area contributed by atoms with Crippen LogP contribution < -0.4 is 0 Å². The molecule has 2 nitrogen and oxygen atoms in total. The molecule has 1 heterocycles. The normalized spacial score (nSPS) is 9.00. The van der Waals surface area contributed by atoms with Gasteiger partial charge in [0.1, 0.15) is 0 Å². The standard InChI is InChI=1S/C7H8N2/c1-3-7-4-6(2)9-8-5-7/h3-5H,1H2,2H3. The molecule has 0 saturated heterocycles. The van der Waals surface area contributed by atoms with Gasteiger partial charge >= 0.3 is 0 Å². The third-order valence-corrected chi connectivity index (χ3v) is 1.03. The predicted octanol–water partition coefficient (Wildman–Crippen LogP) is 1.43. The fourth-order valence-electron chi connectivity index (χ4n) is 0.606. The second-order valence-electron chi connectivity index (χ2n) is 1.83. The molecule has 0 amide bonds. The third kappa shape index (κ3) is 1.35. The highest BCUT2D eigenvalue weighted by Gasteiger charge is 1.85. The van der Waals surface area contributed by atoms with E-state index in [0.717, 1.165) is 11.3 Å². The van der Waals surface area contributed by atoms with Crippen molar-refractivity contribution in [2.75, 3.05) is 0 Å². The third-order valence-electron chi connectivity index (χ3n) is 1.03. The van der Waals surface area contributed by atoms with Gasteiger partial charge in [0.15, 0.2) is 0 Å². The predicted molar refractivity (Wildman–Crippen MR) is 36.9 cm³/mol. The van der Waals surface area contributed by atoms with E-state index in [0.29, 0.717) is 0 Å². The van der Waals surface area contributed by atoms with E-state index in [-0.39, 0.29) is 0 Å². The van der Waals surface area contributed by atoms with Gasteiger partial charge in [0, 0.05) is 0 Å². The van der Waals surface area contributed by atoms with E-state index in [1.807, 2.05) is 13.0 Å². The van der Waals surface area contributed by atoms with E-state index in [4.69, 9.17) is 0 Å². The van der Waals surface area contributed by atoms with Crippen molar-refractivity contribution in [2.24, 2.45) is 0 Å². The van der Waals surface area contributed by atoms with Gasteiger partial charge < -0.3 is 0 Å². The Kier molecular flexibility index (Phi) is 1.58. The SMILES string of the molecule is C=Cc1cnnc(C)c1. The quantitative estimate of drug-likeness (QED) is 0.560. The molecule has 0 atom stereocenters. The minimum atomic E-state index is 0.924. The number of aromatic nitrogens is 2. The molecule has 0 radical (unpaired) electrons. The van der Waals surface area contributed by atoms with Crippen molar-refractivity contribution in [1.82, 2.24) is 10.2 Å². The minimum Gasteiger partial charge on any atom is -0.158 e. The molecule has 2 heteroatoms. The zero-order valence-electron chi connectivity index (χ0n) is 5.33. The van der Waals surface area contributed by atoms with Crippen LogP contribution in [0.1, 0.15) is 11.3 Å². The number of nitrogens with zero attached hydrogens (tertiary/aromatic N) is 2. The first-order chi connectivity index (χ1) is 4.33. The summed E-state index contributed by atoms with van der Waals surface area (Å²) in [6, 6.07) is 1.93. The van der Waals surface area contributed by atoms with E-state index < -0.39 is 0 Å². The lowest BCUT2D eigenvalue weighted by Crippen LogP contribution is -1.84. The summed E-state index contributed by atoms with van der Waals surface area (Å²) >= 11 is 0. The Morgan fingerprint density at radius 2 is 2.44 bits per heavy atom. The molecule has 0 saturated carbocycles. The fourth-order valence-corrected chi connectivity index (χ4v) is 0.606. The molecule has 0 aliphatic carbocycles. The van der Waals surface area contributed by atoms with Crippen molar-refractivity contribution in [2.45, 2.75) is 6.92 Å². The molecule has 9 heavy (non-hydrogen) atoms. The summed E-state index contributed by atoms with van der Waals surface area (Å²) in [5.41, 5.74) is 1.94. The molecular weight excluding hydrogens is 112 g/mol. The lowest BCUT2D eigenvalue weighted by molar-refractivity contribution is 0.977. The Hall–Kier alpha value is -1.18. The van der Waals surface area contributed by atoms with Crippen LogP contribution in [0, 0.1) is 6.92 Å². The van der Waals surface area contributed by atoms with Crippen molar-refractivity contribution in [3.8, 4) is 0 Å². The van der Waals surface area contributed by atoms with Gasteiger partial charge in [0.05, 0.1) is 11.9 Å². The lowest BCUT2D eigenvalue weighted by atomic mass is 10.3. The zero-order valence-corrected chi connectivity index (χ0v) is 5.33. The molecule has 1 rings (SSSR count). The molecule has 0 spiro atoms. The van der Waals surface area contributed by atoms with Crippen LogP contribution in [0.4, 0.5) is 0 Å². The molecule has 0 unspecified atom stereocenters. The van der Waals surface area contributed by atoms with Crippen LogP contribution in [0.25, 0.3) is 6.08 Å². The molecule has 0 aliphatic heterocycles. The van der Waals surface area contributed by atoms with Gasteiger partial charge in [0.25, 0.3) is 0 Å². The Bertz CT molecular complexity index is 218. The number of aryl methyl sites for hydroxylation is 1. The highest BCUT2D eigenvalue weighted by atomic mass is 15.1.